The highest BCUT2D eigenvalue weighted by molar-refractivity contribution is 5.98. The molecular weight excluding hydrogens is 374 g/mol. The SMILES string of the molecule is C[C@@H](OC(=O)c1cc([N+](=O)[O-])ccc1NCc1ccccc1)C(=O)NC(C)(C)C. The third-order valence-electron chi connectivity index (χ3n) is 3.91. The zero-order chi connectivity index (χ0) is 21.6. The van der Waals surface area contributed by atoms with Crippen LogP contribution in [0.4, 0.5) is 11.4 Å². The summed E-state index contributed by atoms with van der Waals surface area (Å²) in [6.45, 7) is 7.30. The monoisotopic (exact) mass is 399 g/mol. The highest BCUT2D eigenvalue weighted by atomic mass is 16.6. The molecule has 8 nitrogen and oxygen atoms in total. The molecule has 2 aromatic carbocycles. The third kappa shape index (κ3) is 6.60. The topological polar surface area (TPSA) is 111 Å². The summed E-state index contributed by atoms with van der Waals surface area (Å²) in [5.41, 5.74) is 0.626. The van der Waals surface area contributed by atoms with Crippen LogP contribution in [0.25, 0.3) is 0 Å². The molecule has 2 aromatic rings. The third-order valence-corrected chi connectivity index (χ3v) is 3.91. The van der Waals surface area contributed by atoms with E-state index in [9.17, 15) is 19.7 Å². The lowest BCUT2D eigenvalue weighted by atomic mass is 10.1. The number of ether oxygens (including phenoxy) is 1. The van der Waals surface area contributed by atoms with Crippen molar-refractivity contribution in [2.45, 2.75) is 45.9 Å². The van der Waals surface area contributed by atoms with Gasteiger partial charge in [0.25, 0.3) is 11.6 Å². The van der Waals surface area contributed by atoms with E-state index >= 15 is 0 Å². The molecule has 1 amide bonds. The van der Waals surface area contributed by atoms with Crippen LogP contribution >= 0.6 is 0 Å². The van der Waals surface area contributed by atoms with E-state index in [2.05, 4.69) is 10.6 Å². The van der Waals surface area contributed by atoms with Crippen LogP contribution in [0.2, 0.25) is 0 Å². The number of esters is 1. The number of amides is 1. The van der Waals surface area contributed by atoms with Gasteiger partial charge in [-0.25, -0.2) is 4.79 Å². The summed E-state index contributed by atoms with van der Waals surface area (Å²) in [4.78, 5) is 35.4. The van der Waals surface area contributed by atoms with Gasteiger partial charge in [0, 0.05) is 29.9 Å². The van der Waals surface area contributed by atoms with Gasteiger partial charge < -0.3 is 15.4 Å². The molecule has 0 aromatic heterocycles. The standard InChI is InChI=1S/C21H25N3O5/c1-14(19(25)23-21(2,3)4)29-20(26)17-12-16(24(27)28)10-11-18(17)22-13-15-8-6-5-7-9-15/h5-12,14,22H,13H2,1-4H3,(H,23,25)/t14-/m1/s1. The number of anilines is 1. The van der Waals surface area contributed by atoms with Crippen molar-refractivity contribution < 1.29 is 19.2 Å². The first-order valence-corrected chi connectivity index (χ1v) is 9.16. The molecule has 1 atom stereocenters. The largest absolute Gasteiger partial charge is 0.449 e. The number of carbonyl (C=O) groups excluding carboxylic acids is 2. The number of rotatable bonds is 7. The number of nitrogens with zero attached hydrogens (tertiary/aromatic N) is 1. The highest BCUT2D eigenvalue weighted by Gasteiger charge is 2.25. The number of benzene rings is 2. The molecule has 0 aliphatic heterocycles. The number of nitro groups is 1. The summed E-state index contributed by atoms with van der Waals surface area (Å²) in [7, 11) is 0. The first-order valence-electron chi connectivity index (χ1n) is 9.16. The van der Waals surface area contributed by atoms with Crippen LogP contribution < -0.4 is 10.6 Å². The molecule has 0 saturated carbocycles. The second-order valence-corrected chi connectivity index (χ2v) is 7.61. The first-order chi connectivity index (χ1) is 13.6. The number of hydrogen-bond donors (Lipinski definition) is 2. The molecule has 0 bridgehead atoms. The maximum absolute atomic E-state index is 12.7. The fourth-order valence-electron chi connectivity index (χ4n) is 2.51. The normalized spacial score (nSPS) is 12.0. The molecular formula is C21H25N3O5. The Balaban J connectivity index is 2.21. The van der Waals surface area contributed by atoms with Crippen molar-refractivity contribution in [1.29, 1.82) is 0 Å². The van der Waals surface area contributed by atoms with Crippen LogP contribution in [-0.2, 0) is 16.1 Å². The fraction of sp³-hybridized carbons (Fsp3) is 0.333. The van der Waals surface area contributed by atoms with Gasteiger partial charge in [-0.15, -0.1) is 0 Å². The maximum Gasteiger partial charge on any atom is 0.341 e. The number of nitro benzene ring substituents is 1. The van der Waals surface area contributed by atoms with E-state index in [4.69, 9.17) is 4.74 Å². The van der Waals surface area contributed by atoms with E-state index in [1.54, 1.807) is 0 Å². The molecule has 0 fully saturated rings. The lowest BCUT2D eigenvalue weighted by Gasteiger charge is -2.23. The van der Waals surface area contributed by atoms with Gasteiger partial charge in [-0.2, -0.15) is 0 Å². The second kappa shape index (κ2) is 9.18. The van der Waals surface area contributed by atoms with E-state index < -0.39 is 28.4 Å². The quantitative estimate of drug-likeness (QED) is 0.418. The van der Waals surface area contributed by atoms with E-state index in [1.165, 1.54) is 19.1 Å². The summed E-state index contributed by atoms with van der Waals surface area (Å²) >= 11 is 0. The Bertz CT molecular complexity index is 891. The molecule has 0 spiro atoms. The molecule has 2 N–H and O–H groups in total. The van der Waals surface area contributed by atoms with Crippen molar-refractivity contribution in [3.05, 3.63) is 69.8 Å². The minimum atomic E-state index is -1.05. The lowest BCUT2D eigenvalue weighted by Crippen LogP contribution is -2.46. The van der Waals surface area contributed by atoms with Gasteiger partial charge in [0.2, 0.25) is 0 Å². The van der Waals surface area contributed by atoms with Gasteiger partial charge in [0.15, 0.2) is 6.10 Å². The Morgan fingerprint density at radius 2 is 1.79 bits per heavy atom. The number of hydrogen-bond acceptors (Lipinski definition) is 6. The van der Waals surface area contributed by atoms with E-state index in [-0.39, 0.29) is 11.3 Å². The molecule has 0 unspecified atom stereocenters. The minimum absolute atomic E-state index is 0.00876. The van der Waals surface area contributed by atoms with Gasteiger partial charge in [0.05, 0.1) is 10.5 Å². The summed E-state index contributed by atoms with van der Waals surface area (Å²) in [5, 5.41) is 16.9. The molecule has 29 heavy (non-hydrogen) atoms. The summed E-state index contributed by atoms with van der Waals surface area (Å²) in [5.74, 6) is -1.27. The molecule has 2 rings (SSSR count). The first kappa shape index (κ1) is 21.9. The van der Waals surface area contributed by atoms with Gasteiger partial charge in [-0.05, 0) is 39.3 Å². The molecule has 0 aliphatic carbocycles. The predicted molar refractivity (Wildman–Crippen MR) is 110 cm³/mol. The fourth-order valence-corrected chi connectivity index (χ4v) is 2.51. The van der Waals surface area contributed by atoms with Crippen LogP contribution in [-0.4, -0.2) is 28.4 Å². The summed E-state index contributed by atoms with van der Waals surface area (Å²) in [6, 6.07) is 13.4. The zero-order valence-electron chi connectivity index (χ0n) is 16.9. The van der Waals surface area contributed by atoms with Crippen LogP contribution in [0.3, 0.4) is 0 Å². The molecule has 154 valence electrons. The van der Waals surface area contributed by atoms with Gasteiger partial charge in [-0.1, -0.05) is 30.3 Å². The Labute approximate surface area is 169 Å². The van der Waals surface area contributed by atoms with Crippen molar-refractivity contribution in [2.24, 2.45) is 0 Å². The zero-order valence-corrected chi connectivity index (χ0v) is 16.9. The minimum Gasteiger partial charge on any atom is -0.449 e. The van der Waals surface area contributed by atoms with Crippen molar-refractivity contribution in [2.75, 3.05) is 5.32 Å². The smallest absolute Gasteiger partial charge is 0.341 e. The van der Waals surface area contributed by atoms with E-state index in [0.717, 1.165) is 11.6 Å². The Morgan fingerprint density at radius 3 is 2.38 bits per heavy atom. The van der Waals surface area contributed by atoms with Crippen LogP contribution in [0, 0.1) is 10.1 Å². The molecule has 0 radical (unpaired) electrons. The van der Waals surface area contributed by atoms with Crippen LogP contribution in [0.15, 0.2) is 48.5 Å². The maximum atomic E-state index is 12.7. The predicted octanol–water partition coefficient (Wildman–Crippen LogP) is 3.67. The average molecular weight is 399 g/mol. The number of carbonyl (C=O) groups is 2. The van der Waals surface area contributed by atoms with Gasteiger partial charge in [-0.3, -0.25) is 14.9 Å². The van der Waals surface area contributed by atoms with Crippen molar-refractivity contribution in [1.82, 2.24) is 5.32 Å². The highest BCUT2D eigenvalue weighted by Crippen LogP contribution is 2.24. The molecule has 0 aliphatic rings. The lowest BCUT2D eigenvalue weighted by molar-refractivity contribution is -0.384. The van der Waals surface area contributed by atoms with Crippen molar-refractivity contribution >= 4 is 23.3 Å². The van der Waals surface area contributed by atoms with Crippen LogP contribution in [0.5, 0.6) is 0 Å². The van der Waals surface area contributed by atoms with Gasteiger partial charge >= 0.3 is 5.97 Å². The van der Waals surface area contributed by atoms with Crippen molar-refractivity contribution in [3.63, 3.8) is 0 Å². The second-order valence-electron chi connectivity index (χ2n) is 7.61. The number of non-ortho nitro benzene ring substituents is 1. The summed E-state index contributed by atoms with van der Waals surface area (Å²) < 4.78 is 5.26. The Kier molecular flexibility index (Phi) is 6.93. The molecule has 0 saturated heterocycles. The number of nitrogens with one attached hydrogen (secondary N) is 2. The molecule has 0 heterocycles. The van der Waals surface area contributed by atoms with Crippen LogP contribution in [0.1, 0.15) is 43.6 Å². The van der Waals surface area contributed by atoms with Gasteiger partial charge in [0.1, 0.15) is 0 Å². The van der Waals surface area contributed by atoms with E-state index in [0.29, 0.717) is 12.2 Å². The van der Waals surface area contributed by atoms with Crippen molar-refractivity contribution in [3.8, 4) is 0 Å². The Morgan fingerprint density at radius 1 is 1.14 bits per heavy atom. The van der Waals surface area contributed by atoms with E-state index in [1.807, 2.05) is 51.1 Å². The average Bonchev–Trinajstić information content (AvgIpc) is 2.65. The Hall–Kier alpha value is -3.42. The summed E-state index contributed by atoms with van der Waals surface area (Å²) in [6.07, 6.45) is -1.05. The molecule has 8 heteroatoms.